The molecule has 0 radical (unpaired) electrons. The predicted molar refractivity (Wildman–Crippen MR) is 71.7 cm³/mol. The van der Waals surface area contributed by atoms with E-state index in [2.05, 4.69) is 12.2 Å². The van der Waals surface area contributed by atoms with Crippen molar-refractivity contribution in [3.8, 4) is 0 Å². The zero-order valence-corrected chi connectivity index (χ0v) is 11.2. The van der Waals surface area contributed by atoms with Gasteiger partial charge in [0.15, 0.2) is 0 Å². The molecule has 1 unspecified atom stereocenters. The molecular weight excluding hydrogens is 212 g/mol. The second kappa shape index (κ2) is 8.51. The van der Waals surface area contributed by atoms with Gasteiger partial charge in [-0.1, -0.05) is 39.0 Å². The number of hydrogen-bond donors (Lipinski definition) is 2. The van der Waals surface area contributed by atoms with Crippen molar-refractivity contribution in [1.29, 1.82) is 0 Å². The van der Waals surface area contributed by atoms with Crippen molar-refractivity contribution < 1.29 is 4.79 Å². The number of rotatable bonds is 7. The van der Waals surface area contributed by atoms with Crippen molar-refractivity contribution in [2.24, 2.45) is 17.6 Å². The molecule has 1 rings (SSSR count). The van der Waals surface area contributed by atoms with E-state index in [1.807, 2.05) is 0 Å². The Bertz CT molecular complexity index is 212. The van der Waals surface area contributed by atoms with Crippen LogP contribution >= 0.6 is 0 Å². The van der Waals surface area contributed by atoms with Crippen molar-refractivity contribution in [2.75, 3.05) is 13.1 Å². The second-order valence-electron chi connectivity index (χ2n) is 5.53. The lowest BCUT2D eigenvalue weighted by Gasteiger charge is -2.21. The molecule has 0 heterocycles. The van der Waals surface area contributed by atoms with Crippen molar-refractivity contribution in [2.45, 2.75) is 58.3 Å². The zero-order valence-electron chi connectivity index (χ0n) is 11.2. The Kier molecular flexibility index (Phi) is 7.25. The minimum absolute atomic E-state index is 0.222. The summed E-state index contributed by atoms with van der Waals surface area (Å²) in [6.07, 6.45) is 9.55. The van der Waals surface area contributed by atoms with E-state index in [4.69, 9.17) is 5.73 Å². The molecule has 17 heavy (non-hydrogen) atoms. The fourth-order valence-corrected chi connectivity index (χ4v) is 2.57. The van der Waals surface area contributed by atoms with E-state index in [1.165, 1.54) is 32.1 Å². The van der Waals surface area contributed by atoms with Crippen LogP contribution in [0.5, 0.6) is 0 Å². The summed E-state index contributed by atoms with van der Waals surface area (Å²) in [6, 6.07) is 0. The summed E-state index contributed by atoms with van der Waals surface area (Å²) >= 11 is 0. The molecular formula is C14H28N2O. The molecule has 100 valence electrons. The van der Waals surface area contributed by atoms with Gasteiger partial charge in [0.2, 0.25) is 5.91 Å². The molecule has 3 N–H and O–H groups in total. The maximum atomic E-state index is 11.7. The molecule has 0 saturated heterocycles. The molecule has 1 aliphatic rings. The molecule has 1 aliphatic carbocycles. The second-order valence-corrected chi connectivity index (χ2v) is 5.53. The maximum Gasteiger partial charge on any atom is 0.220 e. The number of amides is 1. The van der Waals surface area contributed by atoms with E-state index in [-0.39, 0.29) is 5.91 Å². The van der Waals surface area contributed by atoms with Gasteiger partial charge in [-0.05, 0) is 31.2 Å². The smallest absolute Gasteiger partial charge is 0.220 e. The van der Waals surface area contributed by atoms with Crippen LogP contribution in [0, 0.1) is 11.8 Å². The van der Waals surface area contributed by atoms with Gasteiger partial charge in [-0.2, -0.15) is 0 Å². The maximum absolute atomic E-state index is 11.7. The fraction of sp³-hybridized carbons (Fsp3) is 0.929. The van der Waals surface area contributed by atoms with Crippen LogP contribution in [0.15, 0.2) is 0 Å². The number of carbonyl (C=O) groups is 1. The van der Waals surface area contributed by atoms with Gasteiger partial charge in [0.1, 0.15) is 0 Å². The predicted octanol–water partition coefficient (Wildman–Crippen LogP) is 2.45. The van der Waals surface area contributed by atoms with Crippen LogP contribution in [0.4, 0.5) is 0 Å². The minimum atomic E-state index is 0.222. The monoisotopic (exact) mass is 240 g/mol. The van der Waals surface area contributed by atoms with Crippen molar-refractivity contribution in [3.63, 3.8) is 0 Å². The van der Waals surface area contributed by atoms with Crippen molar-refractivity contribution in [1.82, 2.24) is 5.32 Å². The van der Waals surface area contributed by atoms with Crippen LogP contribution in [0.1, 0.15) is 58.3 Å². The molecule has 3 heteroatoms. The van der Waals surface area contributed by atoms with Gasteiger partial charge in [0, 0.05) is 13.0 Å². The largest absolute Gasteiger partial charge is 0.356 e. The van der Waals surface area contributed by atoms with Gasteiger partial charge in [-0.25, -0.2) is 0 Å². The Balaban J connectivity index is 2.04. The lowest BCUT2D eigenvalue weighted by molar-refractivity contribution is -0.121. The number of hydrogen-bond acceptors (Lipinski definition) is 2. The normalized spacial score (nSPS) is 18.9. The zero-order chi connectivity index (χ0) is 12.5. The van der Waals surface area contributed by atoms with Crippen LogP contribution < -0.4 is 11.1 Å². The summed E-state index contributed by atoms with van der Waals surface area (Å²) in [5.74, 6) is 1.52. The highest BCUT2D eigenvalue weighted by molar-refractivity contribution is 5.75. The molecule has 0 spiro atoms. The average Bonchev–Trinajstić information content (AvgIpc) is 2.35. The summed E-state index contributed by atoms with van der Waals surface area (Å²) in [6.45, 7) is 3.62. The van der Waals surface area contributed by atoms with E-state index < -0.39 is 0 Å². The Morgan fingerprint density at radius 1 is 1.35 bits per heavy atom. The quantitative estimate of drug-likeness (QED) is 0.718. The van der Waals surface area contributed by atoms with E-state index in [1.54, 1.807) is 0 Å². The number of carbonyl (C=O) groups excluding carboxylic acids is 1. The van der Waals surface area contributed by atoms with E-state index >= 15 is 0 Å². The summed E-state index contributed by atoms with van der Waals surface area (Å²) in [5, 5.41) is 3.01. The highest BCUT2D eigenvalue weighted by Gasteiger charge is 2.14. The van der Waals surface area contributed by atoms with Gasteiger partial charge >= 0.3 is 0 Å². The molecule has 0 bridgehead atoms. The molecule has 1 fully saturated rings. The third-order valence-corrected chi connectivity index (χ3v) is 3.81. The molecule has 0 aromatic rings. The first-order valence-electron chi connectivity index (χ1n) is 7.19. The lowest BCUT2D eigenvalue weighted by atomic mass is 9.86. The summed E-state index contributed by atoms with van der Waals surface area (Å²) < 4.78 is 0. The Morgan fingerprint density at radius 3 is 2.71 bits per heavy atom. The van der Waals surface area contributed by atoms with Crippen LogP contribution in [-0.4, -0.2) is 19.0 Å². The first kappa shape index (κ1) is 14.5. The van der Waals surface area contributed by atoms with Gasteiger partial charge in [-0.3, -0.25) is 4.79 Å². The third-order valence-electron chi connectivity index (χ3n) is 3.81. The van der Waals surface area contributed by atoms with E-state index in [9.17, 15) is 4.79 Å². The minimum Gasteiger partial charge on any atom is -0.356 e. The van der Waals surface area contributed by atoms with Crippen molar-refractivity contribution in [3.05, 3.63) is 0 Å². The third kappa shape index (κ3) is 6.67. The standard InChI is InChI=1S/C14H28N2O/c1-12(9-10-15)11-16-14(17)8-7-13-5-3-2-4-6-13/h12-13H,2-11,15H2,1H3,(H,16,17). The molecule has 3 nitrogen and oxygen atoms in total. The average molecular weight is 240 g/mol. The van der Waals surface area contributed by atoms with Crippen LogP contribution in [0.25, 0.3) is 0 Å². The first-order chi connectivity index (χ1) is 8.22. The van der Waals surface area contributed by atoms with E-state index in [0.717, 1.165) is 25.3 Å². The fourth-order valence-electron chi connectivity index (χ4n) is 2.57. The summed E-state index contributed by atoms with van der Waals surface area (Å²) in [4.78, 5) is 11.7. The Hall–Kier alpha value is -0.570. The van der Waals surface area contributed by atoms with Crippen molar-refractivity contribution >= 4 is 5.91 Å². The summed E-state index contributed by atoms with van der Waals surface area (Å²) in [5.41, 5.74) is 5.48. The van der Waals surface area contributed by atoms with E-state index in [0.29, 0.717) is 18.9 Å². The molecule has 1 amide bonds. The Morgan fingerprint density at radius 2 is 2.06 bits per heavy atom. The molecule has 0 aliphatic heterocycles. The van der Waals surface area contributed by atoms with Crippen LogP contribution in [-0.2, 0) is 4.79 Å². The van der Waals surface area contributed by atoms with Gasteiger partial charge in [0.05, 0.1) is 0 Å². The number of nitrogens with two attached hydrogens (primary N) is 1. The van der Waals surface area contributed by atoms with Gasteiger partial charge in [0.25, 0.3) is 0 Å². The Labute approximate surface area is 106 Å². The van der Waals surface area contributed by atoms with Crippen LogP contribution in [0.2, 0.25) is 0 Å². The molecule has 1 atom stereocenters. The molecule has 0 aromatic carbocycles. The van der Waals surface area contributed by atoms with Gasteiger partial charge < -0.3 is 11.1 Å². The van der Waals surface area contributed by atoms with Crippen LogP contribution in [0.3, 0.4) is 0 Å². The molecule has 1 saturated carbocycles. The lowest BCUT2D eigenvalue weighted by Crippen LogP contribution is -2.29. The molecule has 0 aromatic heterocycles. The topological polar surface area (TPSA) is 55.1 Å². The number of nitrogens with one attached hydrogen (secondary N) is 1. The highest BCUT2D eigenvalue weighted by atomic mass is 16.1. The highest BCUT2D eigenvalue weighted by Crippen LogP contribution is 2.27. The summed E-state index contributed by atoms with van der Waals surface area (Å²) in [7, 11) is 0. The SMILES string of the molecule is CC(CCN)CNC(=O)CCC1CCCCC1. The first-order valence-corrected chi connectivity index (χ1v) is 7.19. The van der Waals surface area contributed by atoms with Gasteiger partial charge in [-0.15, -0.1) is 0 Å².